The van der Waals surface area contributed by atoms with Crippen molar-refractivity contribution in [3.8, 4) is 16.9 Å². The highest BCUT2D eigenvalue weighted by atomic mass is 19.1. The van der Waals surface area contributed by atoms with Crippen LogP contribution in [-0.2, 0) is 70.0 Å². The van der Waals surface area contributed by atoms with Gasteiger partial charge in [-0.2, -0.15) is 0 Å². The number of ether oxygens (including phenoxy) is 7. The number of aryl methyl sites for hydroxylation is 2. The quantitative estimate of drug-likeness (QED) is 0.0403. The van der Waals surface area contributed by atoms with Crippen LogP contribution in [0.3, 0.4) is 0 Å². The lowest BCUT2D eigenvalue weighted by Crippen LogP contribution is -2.44. The van der Waals surface area contributed by atoms with Gasteiger partial charge in [-0.15, -0.1) is 0 Å². The lowest BCUT2D eigenvalue weighted by atomic mass is 9.91. The second-order valence-corrected chi connectivity index (χ2v) is 14.0. The maximum absolute atomic E-state index is 15.7. The van der Waals surface area contributed by atoms with Crippen LogP contribution < -0.4 is 4.74 Å². The number of esters is 6. The Morgan fingerprint density at radius 1 is 0.633 bits per heavy atom. The summed E-state index contributed by atoms with van der Waals surface area (Å²) in [5, 5.41) is 0. The van der Waals surface area contributed by atoms with E-state index in [1.165, 1.54) is 44.2 Å². The van der Waals surface area contributed by atoms with Gasteiger partial charge >= 0.3 is 35.8 Å². The monoisotopic (exact) mass is 840 g/mol. The predicted octanol–water partition coefficient (Wildman–Crippen LogP) is 7.23. The Morgan fingerprint density at radius 2 is 1.15 bits per heavy atom. The van der Waals surface area contributed by atoms with Crippen LogP contribution in [0.25, 0.3) is 11.1 Å². The molecule has 0 radical (unpaired) electrons. The van der Waals surface area contributed by atoms with Crippen LogP contribution in [0.1, 0.15) is 70.4 Å². The molecule has 0 saturated heterocycles. The molecule has 2 aromatic rings. The second-order valence-electron chi connectivity index (χ2n) is 14.0. The van der Waals surface area contributed by atoms with Gasteiger partial charge in [-0.3, -0.25) is 0 Å². The molecule has 13 nitrogen and oxygen atoms in total. The standard InChI is InChI=1S/C45H54F2O13/c1-8-9-10-11-12-14-32-23-35(46)42(36(47)24-32)34-16-17-37(33(25-34)15-13-22-56-43(52)30(2)3)57-26-45(29-60-44(53)31(4)5,27-58-40(50)20-18-38(48)54-6)28-59-41(51)21-19-39(49)55-7/h16-21,23-25H,2,4,8-15,22,26-29H2,1,3,5-7H3/b20-18+,21-19+. The summed E-state index contributed by atoms with van der Waals surface area (Å²) in [7, 11) is 2.21. The van der Waals surface area contributed by atoms with Gasteiger partial charge in [0, 0.05) is 35.5 Å². The number of rotatable bonds is 26. The zero-order valence-electron chi connectivity index (χ0n) is 34.9. The Morgan fingerprint density at radius 3 is 1.68 bits per heavy atom. The molecule has 2 rings (SSSR count). The lowest BCUT2D eigenvalue weighted by Gasteiger charge is -2.32. The third kappa shape index (κ3) is 17.8. The number of hydrogen-bond donors (Lipinski definition) is 0. The average molecular weight is 841 g/mol. The van der Waals surface area contributed by atoms with Crippen molar-refractivity contribution in [2.75, 3.05) is 47.3 Å². The highest BCUT2D eigenvalue weighted by Crippen LogP contribution is 2.34. The molecule has 326 valence electrons. The topological polar surface area (TPSA) is 167 Å². The van der Waals surface area contributed by atoms with Gasteiger partial charge in [-0.1, -0.05) is 51.8 Å². The van der Waals surface area contributed by atoms with E-state index < -0.39 is 79.3 Å². The molecule has 0 aromatic heterocycles. The Kier molecular flexibility index (Phi) is 21.7. The predicted molar refractivity (Wildman–Crippen MR) is 216 cm³/mol. The molecule has 0 bridgehead atoms. The minimum Gasteiger partial charge on any atom is -0.492 e. The smallest absolute Gasteiger partial charge is 0.333 e. The summed E-state index contributed by atoms with van der Waals surface area (Å²) in [6.45, 7) is 9.79. The van der Waals surface area contributed by atoms with Crippen molar-refractivity contribution in [2.24, 2.45) is 5.41 Å². The van der Waals surface area contributed by atoms with Crippen molar-refractivity contribution in [2.45, 2.75) is 72.1 Å². The number of methoxy groups -OCH3 is 2. The van der Waals surface area contributed by atoms with Crippen LogP contribution in [0.4, 0.5) is 8.78 Å². The molecular formula is C45H54F2O13. The number of benzene rings is 2. The van der Waals surface area contributed by atoms with Crippen LogP contribution in [0, 0.1) is 17.0 Å². The summed E-state index contributed by atoms with van der Waals surface area (Å²) < 4.78 is 68.0. The number of carbonyl (C=O) groups is 6. The van der Waals surface area contributed by atoms with Crippen molar-refractivity contribution in [1.82, 2.24) is 0 Å². The molecule has 0 aliphatic carbocycles. The summed E-state index contributed by atoms with van der Waals surface area (Å²) >= 11 is 0. The van der Waals surface area contributed by atoms with E-state index in [-0.39, 0.29) is 47.5 Å². The van der Waals surface area contributed by atoms with Crippen LogP contribution in [0.5, 0.6) is 5.75 Å². The molecule has 0 aliphatic heterocycles. The van der Waals surface area contributed by atoms with Gasteiger partial charge in [-0.05, 0) is 80.5 Å². The van der Waals surface area contributed by atoms with E-state index >= 15 is 8.78 Å². The first-order chi connectivity index (χ1) is 28.5. The maximum atomic E-state index is 15.7. The van der Waals surface area contributed by atoms with Crippen molar-refractivity contribution in [1.29, 1.82) is 0 Å². The number of carbonyl (C=O) groups excluding carboxylic acids is 6. The van der Waals surface area contributed by atoms with E-state index in [0.717, 1.165) is 70.6 Å². The third-order valence-corrected chi connectivity index (χ3v) is 8.74. The van der Waals surface area contributed by atoms with Gasteiger partial charge in [-0.25, -0.2) is 37.5 Å². The highest BCUT2D eigenvalue weighted by Gasteiger charge is 2.37. The molecule has 60 heavy (non-hydrogen) atoms. The summed E-state index contributed by atoms with van der Waals surface area (Å²) in [6.07, 6.45) is 9.11. The highest BCUT2D eigenvalue weighted by molar-refractivity contribution is 5.92. The molecular weight excluding hydrogens is 786 g/mol. The molecule has 0 fully saturated rings. The first kappa shape index (κ1) is 50.0. The SMILES string of the molecule is C=C(C)C(=O)OCCCc1cc(-c2c(F)cc(CCCCCCC)cc2F)ccc1OCC(COC(=O)/C=C/C(=O)OC)(COC(=O)/C=C/C(=O)OC)COC(=O)C(=C)C. The zero-order valence-corrected chi connectivity index (χ0v) is 34.9. The van der Waals surface area contributed by atoms with E-state index in [1.54, 1.807) is 0 Å². The largest absolute Gasteiger partial charge is 0.492 e. The minimum absolute atomic E-state index is 0.0190. The van der Waals surface area contributed by atoms with E-state index in [2.05, 4.69) is 29.6 Å². The third-order valence-electron chi connectivity index (χ3n) is 8.74. The van der Waals surface area contributed by atoms with Gasteiger partial charge in [0.05, 0.1) is 26.4 Å². The van der Waals surface area contributed by atoms with Crippen LogP contribution in [0.15, 0.2) is 78.9 Å². The minimum atomic E-state index is -1.66. The van der Waals surface area contributed by atoms with Crippen molar-refractivity contribution >= 4 is 35.8 Å². The molecule has 0 N–H and O–H groups in total. The Labute approximate surface area is 349 Å². The molecule has 0 aliphatic rings. The molecule has 0 heterocycles. The number of halogens is 2. The summed E-state index contributed by atoms with van der Waals surface area (Å²) in [5.41, 5.74) is -0.552. The molecule has 0 atom stereocenters. The van der Waals surface area contributed by atoms with E-state index in [9.17, 15) is 28.8 Å². The van der Waals surface area contributed by atoms with Gasteiger partial charge in [0.25, 0.3) is 0 Å². The summed E-state index contributed by atoms with van der Waals surface area (Å²) in [4.78, 5) is 73.1. The Balaban J connectivity index is 2.59. The van der Waals surface area contributed by atoms with Gasteiger partial charge in [0.15, 0.2) is 0 Å². The molecule has 15 heteroatoms. The normalized spacial score (nSPS) is 11.2. The van der Waals surface area contributed by atoms with Crippen molar-refractivity contribution in [3.63, 3.8) is 0 Å². The maximum Gasteiger partial charge on any atom is 0.333 e. The Bertz CT molecular complexity index is 1850. The van der Waals surface area contributed by atoms with Gasteiger partial charge in [0.2, 0.25) is 0 Å². The molecule has 2 aromatic carbocycles. The Hall–Kier alpha value is -6.12. The molecule has 0 unspecified atom stereocenters. The van der Waals surface area contributed by atoms with Crippen LogP contribution in [0.2, 0.25) is 0 Å². The van der Waals surface area contributed by atoms with E-state index in [1.807, 2.05) is 0 Å². The molecule has 0 saturated carbocycles. The average Bonchev–Trinajstić information content (AvgIpc) is 3.22. The fourth-order valence-electron chi connectivity index (χ4n) is 5.38. The first-order valence-electron chi connectivity index (χ1n) is 19.3. The van der Waals surface area contributed by atoms with Crippen molar-refractivity contribution < 1.29 is 70.7 Å². The van der Waals surface area contributed by atoms with E-state index in [4.69, 9.17) is 23.7 Å². The molecule has 0 amide bonds. The zero-order chi connectivity index (χ0) is 44.7. The summed E-state index contributed by atoms with van der Waals surface area (Å²) in [6, 6.07) is 7.09. The van der Waals surface area contributed by atoms with Gasteiger partial charge in [0.1, 0.15) is 49.2 Å². The van der Waals surface area contributed by atoms with Crippen LogP contribution >= 0.6 is 0 Å². The number of hydrogen-bond acceptors (Lipinski definition) is 13. The van der Waals surface area contributed by atoms with Crippen LogP contribution in [-0.4, -0.2) is 83.1 Å². The second kappa shape index (κ2) is 26.1. The fraction of sp³-hybridized carbons (Fsp3) is 0.422. The lowest BCUT2D eigenvalue weighted by molar-refractivity contribution is -0.159. The first-order valence-corrected chi connectivity index (χ1v) is 19.3. The van der Waals surface area contributed by atoms with E-state index in [0.29, 0.717) is 17.5 Å². The summed E-state index contributed by atoms with van der Waals surface area (Å²) in [5.74, 6) is -6.51. The fourth-order valence-corrected chi connectivity index (χ4v) is 5.38. The number of unbranched alkanes of at least 4 members (excludes halogenated alkanes) is 4. The molecule has 0 spiro atoms. The van der Waals surface area contributed by atoms with Gasteiger partial charge < -0.3 is 33.2 Å². The van der Waals surface area contributed by atoms with Crippen molar-refractivity contribution in [3.05, 3.63) is 102 Å².